The van der Waals surface area contributed by atoms with Gasteiger partial charge in [0.2, 0.25) is 5.91 Å². The van der Waals surface area contributed by atoms with Gasteiger partial charge in [0.1, 0.15) is 36.6 Å². The predicted molar refractivity (Wildman–Crippen MR) is 271 cm³/mol. The van der Waals surface area contributed by atoms with Crippen molar-refractivity contribution in [1.29, 1.82) is 0 Å². The molecule has 0 radical (unpaired) electrons. The quantitative estimate of drug-likeness (QED) is 0.127. The Morgan fingerprint density at radius 3 is 1.86 bits per heavy atom. The number of ether oxygens (including phenoxy) is 5. The molecule has 4 rings (SSSR count). The molecule has 0 aromatic heterocycles. The number of aliphatic hydroxyl groups excluding tert-OH is 13. The standard InChI is InChI=1S/C53H84N2O21/c1-28-17-15-13-11-9-7-5-6-8-10-12-14-16-18-35(74-52-48(67)43(54)46(65)31(4)73-52)24-39-42(50(69)55-44-49(68)47(66)40(27-56)75-51(44)70)38(62)26-53(71,76-39)25-34(59)22-37(61)36(60)20-19-32(57)21-33(58)23-41(63)72-30(3)29(2)45(28)64/h5-18,28-40,42-49,51-52,56-62,64-68,70-71H,19-27,54H2,1-4H3,(H,55,69)/t28-,29-,30-,31+,32+,33+,34-,35-,36+,37+,38-,39?,40+,42?,43-,44+,45+,46+,47+,48-,49+,51?,52?,53+/m0/s1. The fourth-order valence-corrected chi connectivity index (χ4v) is 9.50. The van der Waals surface area contributed by atoms with Crippen LogP contribution in [0.5, 0.6) is 0 Å². The predicted octanol–water partition coefficient (Wildman–Crippen LogP) is -2.46. The largest absolute Gasteiger partial charge is 0.462 e. The lowest BCUT2D eigenvalue weighted by atomic mass is 9.81. The van der Waals surface area contributed by atoms with Crippen LogP contribution in [0.4, 0.5) is 0 Å². The number of aliphatic hydroxyl groups is 14. The van der Waals surface area contributed by atoms with Crippen LogP contribution in [0, 0.1) is 17.8 Å². The molecule has 4 aliphatic rings. The fraction of sp³-hybridized carbons (Fsp3) is 0.698. The molecule has 17 N–H and O–H groups in total. The van der Waals surface area contributed by atoms with E-state index in [1.807, 2.05) is 6.92 Å². The molecule has 4 heterocycles. The summed E-state index contributed by atoms with van der Waals surface area (Å²) in [6, 6.07) is -2.93. The van der Waals surface area contributed by atoms with E-state index in [9.17, 15) is 81.1 Å². The molecule has 23 nitrogen and oxygen atoms in total. The number of nitrogens with two attached hydrogens (primary N) is 1. The maximum absolute atomic E-state index is 14.2. The lowest BCUT2D eigenvalue weighted by Crippen LogP contribution is -2.66. The van der Waals surface area contributed by atoms with E-state index in [4.69, 9.17) is 29.4 Å². The first-order chi connectivity index (χ1) is 35.9. The number of carbonyl (C=O) groups is 2. The summed E-state index contributed by atoms with van der Waals surface area (Å²) < 4.78 is 28.8. The fourth-order valence-electron chi connectivity index (χ4n) is 9.50. The molecule has 3 fully saturated rings. The SMILES string of the molecule is C[C@@H]1[C@H](O)[C@@H](C)C=CC=CC=CC=CC=CC=CC=C[C@H](OC2O[C@H](C)[C@@H](O)[C@H](N)[C@@H]2O)CC2O[C@](O)(C[C@@H](O)C[C@@H](O)[C@H](O)CC[C@@H](O)C[C@@H](O)CC(=O)O[C@H]1C)C[C@H](O)C2C(=O)N[C@H]1C(O)O[C@H](CO)[C@@H](O)[C@@H]1O. The maximum Gasteiger partial charge on any atom is 0.308 e. The molecule has 24 atom stereocenters. The Morgan fingerprint density at radius 1 is 0.658 bits per heavy atom. The minimum absolute atomic E-state index is 0.154. The van der Waals surface area contributed by atoms with E-state index in [0.717, 1.165) is 0 Å². The third-order valence-electron chi connectivity index (χ3n) is 14.2. The van der Waals surface area contributed by atoms with E-state index in [0.29, 0.717) is 0 Å². The van der Waals surface area contributed by atoms with Crippen molar-refractivity contribution in [3.8, 4) is 0 Å². The third kappa shape index (κ3) is 19.6. The molecule has 0 aromatic carbocycles. The Bertz CT molecular complexity index is 1990. The van der Waals surface area contributed by atoms with Gasteiger partial charge in [-0.05, 0) is 33.1 Å². The summed E-state index contributed by atoms with van der Waals surface area (Å²) in [6.07, 6.45) is -5.57. The zero-order chi connectivity index (χ0) is 56.4. The van der Waals surface area contributed by atoms with Gasteiger partial charge in [-0.3, -0.25) is 9.59 Å². The first kappa shape index (κ1) is 64.9. The van der Waals surface area contributed by atoms with Crippen LogP contribution in [0.3, 0.4) is 0 Å². The Hall–Kier alpha value is -3.64. The number of hydrogen-bond donors (Lipinski definition) is 16. The van der Waals surface area contributed by atoms with E-state index >= 15 is 0 Å². The van der Waals surface area contributed by atoms with Gasteiger partial charge in [-0.1, -0.05) is 98.9 Å². The zero-order valence-corrected chi connectivity index (χ0v) is 43.4. The van der Waals surface area contributed by atoms with E-state index in [2.05, 4.69) is 5.32 Å². The van der Waals surface area contributed by atoms with E-state index in [1.165, 1.54) is 13.0 Å². The van der Waals surface area contributed by atoms with Crippen LogP contribution in [0.2, 0.25) is 0 Å². The number of allylic oxidation sites excluding steroid dienone is 12. The van der Waals surface area contributed by atoms with Crippen molar-refractivity contribution in [2.45, 2.75) is 207 Å². The van der Waals surface area contributed by atoms with Gasteiger partial charge in [-0.2, -0.15) is 0 Å². The molecule has 432 valence electrons. The summed E-state index contributed by atoms with van der Waals surface area (Å²) in [6.45, 7) is 5.88. The van der Waals surface area contributed by atoms with Gasteiger partial charge < -0.3 is 106 Å². The normalized spacial score (nSPS) is 43.8. The average molecular weight is 1090 g/mol. The van der Waals surface area contributed by atoms with Crippen LogP contribution in [0.1, 0.15) is 79.1 Å². The number of cyclic esters (lactones) is 1. The number of carbonyl (C=O) groups excluding carboxylic acids is 2. The van der Waals surface area contributed by atoms with Gasteiger partial charge in [0.25, 0.3) is 0 Å². The molecule has 76 heavy (non-hydrogen) atoms. The molecule has 0 aliphatic carbocycles. The van der Waals surface area contributed by atoms with Gasteiger partial charge in [-0.25, -0.2) is 0 Å². The first-order valence-corrected chi connectivity index (χ1v) is 25.9. The zero-order valence-electron chi connectivity index (χ0n) is 43.4. The van der Waals surface area contributed by atoms with Crippen LogP contribution in [0.25, 0.3) is 0 Å². The highest BCUT2D eigenvalue weighted by Crippen LogP contribution is 2.39. The number of esters is 1. The Morgan fingerprint density at radius 2 is 1.25 bits per heavy atom. The number of amides is 1. The molecule has 0 saturated carbocycles. The number of hydrogen-bond acceptors (Lipinski definition) is 22. The monoisotopic (exact) mass is 1080 g/mol. The summed E-state index contributed by atoms with van der Waals surface area (Å²) >= 11 is 0. The highest BCUT2D eigenvalue weighted by molar-refractivity contribution is 5.80. The molecule has 0 spiro atoms. The lowest BCUT2D eigenvalue weighted by molar-refractivity contribution is -0.307. The summed E-state index contributed by atoms with van der Waals surface area (Å²) in [5, 5.41) is 154. The van der Waals surface area contributed by atoms with Crippen molar-refractivity contribution in [2.24, 2.45) is 23.5 Å². The highest BCUT2D eigenvalue weighted by atomic mass is 16.7. The van der Waals surface area contributed by atoms with Crippen LogP contribution in [0.15, 0.2) is 85.1 Å². The maximum atomic E-state index is 14.2. The van der Waals surface area contributed by atoms with Crippen LogP contribution < -0.4 is 11.1 Å². The number of fused-ring (bicyclic) bond motifs is 2. The molecule has 2 bridgehead atoms. The average Bonchev–Trinajstić information content (AvgIpc) is 3.35. The van der Waals surface area contributed by atoms with Crippen LogP contribution >= 0.6 is 0 Å². The minimum atomic E-state index is -2.46. The second-order valence-corrected chi connectivity index (χ2v) is 20.5. The van der Waals surface area contributed by atoms with E-state index in [1.54, 1.807) is 92.8 Å². The second kappa shape index (κ2) is 31.2. The molecular weight excluding hydrogens is 1000 g/mol. The molecule has 4 aliphatic heterocycles. The van der Waals surface area contributed by atoms with Gasteiger partial charge in [0, 0.05) is 37.5 Å². The van der Waals surface area contributed by atoms with Crippen molar-refractivity contribution in [2.75, 3.05) is 6.61 Å². The summed E-state index contributed by atoms with van der Waals surface area (Å²) in [7, 11) is 0. The van der Waals surface area contributed by atoms with Crippen LogP contribution in [-0.2, 0) is 33.3 Å². The first-order valence-electron chi connectivity index (χ1n) is 25.9. The second-order valence-electron chi connectivity index (χ2n) is 20.5. The van der Waals surface area contributed by atoms with E-state index < -0.39 is 191 Å². The number of rotatable bonds is 5. The summed E-state index contributed by atoms with van der Waals surface area (Å²) in [5.41, 5.74) is 6.10. The smallest absolute Gasteiger partial charge is 0.308 e. The Labute approximate surface area is 443 Å². The topological polar surface area (TPSA) is 402 Å². The van der Waals surface area contributed by atoms with Crippen LogP contribution in [-0.4, -0.2) is 218 Å². The summed E-state index contributed by atoms with van der Waals surface area (Å²) in [5.74, 6) is -6.76. The molecule has 4 unspecified atom stereocenters. The van der Waals surface area contributed by atoms with Gasteiger partial charge in [0.05, 0.1) is 92.1 Å². The molecule has 0 aromatic rings. The van der Waals surface area contributed by atoms with Crippen molar-refractivity contribution in [1.82, 2.24) is 5.32 Å². The minimum Gasteiger partial charge on any atom is -0.462 e. The van der Waals surface area contributed by atoms with Gasteiger partial charge >= 0.3 is 5.97 Å². The van der Waals surface area contributed by atoms with Gasteiger partial charge in [-0.15, -0.1) is 0 Å². The molecule has 3 saturated heterocycles. The van der Waals surface area contributed by atoms with Crippen molar-refractivity contribution in [3.63, 3.8) is 0 Å². The lowest BCUT2D eigenvalue weighted by Gasteiger charge is -2.47. The Kier molecular flexibility index (Phi) is 26.7. The summed E-state index contributed by atoms with van der Waals surface area (Å²) in [4.78, 5) is 26.9. The van der Waals surface area contributed by atoms with Crippen molar-refractivity contribution < 1.29 is 105 Å². The third-order valence-corrected chi connectivity index (χ3v) is 14.2. The van der Waals surface area contributed by atoms with Gasteiger partial charge in [0.15, 0.2) is 18.4 Å². The van der Waals surface area contributed by atoms with E-state index in [-0.39, 0.29) is 25.2 Å². The highest BCUT2D eigenvalue weighted by Gasteiger charge is 2.53. The Balaban J connectivity index is 1.65. The van der Waals surface area contributed by atoms with Crippen molar-refractivity contribution in [3.05, 3.63) is 85.1 Å². The van der Waals surface area contributed by atoms with Crippen molar-refractivity contribution >= 4 is 11.9 Å². The number of nitrogens with one attached hydrogen (secondary N) is 1. The molecule has 1 amide bonds. The molecule has 23 heteroatoms. The molecular formula is C53H84N2O21.